The molecule has 0 unspecified atom stereocenters. The van der Waals surface area contributed by atoms with Gasteiger partial charge >= 0.3 is 7.60 Å². The number of aromatic hydroxyl groups is 1. The number of aromatic nitrogens is 2. The first-order valence-corrected chi connectivity index (χ1v) is 7.00. The summed E-state index contributed by atoms with van der Waals surface area (Å²) < 4.78 is 11.2. The molecule has 6 nitrogen and oxygen atoms in total. The summed E-state index contributed by atoms with van der Waals surface area (Å²) in [6, 6.07) is 6.14. The molecule has 3 aromatic rings. The zero-order valence-corrected chi connectivity index (χ0v) is 10.5. The van der Waals surface area contributed by atoms with E-state index < -0.39 is 7.60 Å². The highest BCUT2D eigenvalue weighted by Gasteiger charge is 2.18. The van der Waals surface area contributed by atoms with Crippen LogP contribution in [-0.2, 0) is 4.57 Å². The fourth-order valence-electron chi connectivity index (χ4n) is 1.94. The summed E-state index contributed by atoms with van der Waals surface area (Å²) in [5.41, 5.74) is 0.986. The lowest BCUT2D eigenvalue weighted by molar-refractivity contribution is 0.387. The van der Waals surface area contributed by atoms with E-state index in [4.69, 9.17) is 9.79 Å². The summed E-state index contributed by atoms with van der Waals surface area (Å²) in [4.78, 5) is 26.4. The van der Waals surface area contributed by atoms with Gasteiger partial charge in [-0.05, 0) is 18.2 Å². The van der Waals surface area contributed by atoms with E-state index in [2.05, 4.69) is 9.97 Å². The van der Waals surface area contributed by atoms with Crippen molar-refractivity contribution in [2.45, 2.75) is 0 Å². The first kappa shape index (κ1) is 12.0. The van der Waals surface area contributed by atoms with Crippen LogP contribution in [0.3, 0.4) is 0 Å². The van der Waals surface area contributed by atoms with Gasteiger partial charge < -0.3 is 14.9 Å². The second kappa shape index (κ2) is 3.99. The summed E-state index contributed by atoms with van der Waals surface area (Å²) in [5, 5.41) is 10.7. The van der Waals surface area contributed by atoms with Crippen LogP contribution in [0.4, 0.5) is 0 Å². The lowest BCUT2D eigenvalue weighted by atomic mass is 10.1. The van der Waals surface area contributed by atoms with Crippen LogP contribution in [0.1, 0.15) is 0 Å². The number of hydrogen-bond donors (Lipinski definition) is 3. The van der Waals surface area contributed by atoms with E-state index in [9.17, 15) is 9.67 Å². The molecule has 0 atom stereocenters. The van der Waals surface area contributed by atoms with Crippen LogP contribution in [0.25, 0.3) is 21.8 Å². The summed E-state index contributed by atoms with van der Waals surface area (Å²) in [6.07, 6.45) is 2.59. The van der Waals surface area contributed by atoms with Crippen molar-refractivity contribution in [3.63, 3.8) is 0 Å². The zero-order valence-electron chi connectivity index (χ0n) is 9.56. The van der Waals surface area contributed by atoms with Gasteiger partial charge in [-0.25, -0.2) is 0 Å². The maximum absolute atomic E-state index is 11.2. The second-order valence-corrected chi connectivity index (χ2v) is 5.71. The lowest BCUT2D eigenvalue weighted by Gasteiger charge is -2.07. The highest BCUT2D eigenvalue weighted by atomic mass is 31.2. The molecule has 0 aliphatic heterocycles. The molecule has 0 fully saturated rings. The van der Waals surface area contributed by atoms with E-state index in [-0.39, 0.29) is 11.1 Å². The number of hydrogen-bond acceptors (Lipinski definition) is 4. The molecule has 0 saturated carbocycles. The van der Waals surface area contributed by atoms with Crippen molar-refractivity contribution >= 4 is 34.7 Å². The molecule has 2 aromatic heterocycles. The number of benzene rings is 1. The maximum atomic E-state index is 11.2. The molecule has 0 saturated heterocycles. The van der Waals surface area contributed by atoms with Crippen molar-refractivity contribution < 1.29 is 19.5 Å². The van der Waals surface area contributed by atoms with E-state index in [1.54, 1.807) is 12.1 Å². The molecule has 19 heavy (non-hydrogen) atoms. The van der Waals surface area contributed by atoms with E-state index in [1.165, 1.54) is 18.3 Å². The first-order chi connectivity index (χ1) is 8.97. The average Bonchev–Trinajstić information content (AvgIpc) is 2.37. The predicted molar refractivity (Wildman–Crippen MR) is 70.4 cm³/mol. The van der Waals surface area contributed by atoms with E-state index in [1.807, 2.05) is 0 Å². The smallest absolute Gasteiger partial charge is 0.357 e. The fraction of sp³-hybridized carbons (Fsp3) is 0. The number of pyridine rings is 2. The largest absolute Gasteiger partial charge is 0.507 e. The highest BCUT2D eigenvalue weighted by molar-refractivity contribution is 7.60. The van der Waals surface area contributed by atoms with Crippen molar-refractivity contribution in [1.29, 1.82) is 0 Å². The fourth-order valence-corrected chi connectivity index (χ4v) is 2.46. The molecular weight excluding hydrogens is 267 g/mol. The first-order valence-electron chi connectivity index (χ1n) is 5.39. The Balaban J connectivity index is 2.40. The Morgan fingerprint density at radius 3 is 2.58 bits per heavy atom. The lowest BCUT2D eigenvalue weighted by Crippen LogP contribution is -2.04. The van der Waals surface area contributed by atoms with Crippen LogP contribution < -0.4 is 5.30 Å². The molecule has 3 rings (SSSR count). The van der Waals surface area contributed by atoms with Crippen molar-refractivity contribution in [3.05, 3.63) is 36.7 Å². The van der Waals surface area contributed by atoms with E-state index >= 15 is 0 Å². The minimum Gasteiger partial charge on any atom is -0.507 e. The predicted octanol–water partition coefficient (Wildman–Crippen LogP) is 1.29. The highest BCUT2D eigenvalue weighted by Crippen LogP contribution is 2.34. The standard InChI is InChI=1S/C12H9N2O4P/c15-10-3-4-13-12-9(10)2-1-7-5-8(19(16,17)18)6-14-11(7)12/h1-6H,(H,13,15)(H2,16,17,18). The third-order valence-corrected chi connectivity index (χ3v) is 3.78. The van der Waals surface area contributed by atoms with Crippen LogP contribution in [0.2, 0.25) is 0 Å². The Morgan fingerprint density at radius 1 is 1.05 bits per heavy atom. The zero-order chi connectivity index (χ0) is 13.6. The van der Waals surface area contributed by atoms with Crippen LogP contribution in [0.15, 0.2) is 36.7 Å². The van der Waals surface area contributed by atoms with Gasteiger partial charge in [0.15, 0.2) is 0 Å². The van der Waals surface area contributed by atoms with Crippen molar-refractivity contribution in [2.75, 3.05) is 0 Å². The van der Waals surface area contributed by atoms with E-state index in [0.717, 1.165) is 6.20 Å². The Hall–Kier alpha value is -2.01. The summed E-state index contributed by atoms with van der Waals surface area (Å²) in [5.74, 6) is 0.0905. The number of rotatable bonds is 1. The van der Waals surface area contributed by atoms with Crippen LogP contribution >= 0.6 is 7.60 Å². The third kappa shape index (κ3) is 1.96. The van der Waals surface area contributed by atoms with E-state index in [0.29, 0.717) is 21.8 Å². The molecular formula is C12H9N2O4P. The Labute approximate surface area is 107 Å². The maximum Gasteiger partial charge on any atom is 0.357 e. The van der Waals surface area contributed by atoms with Gasteiger partial charge in [-0.15, -0.1) is 0 Å². The molecule has 96 valence electrons. The van der Waals surface area contributed by atoms with Gasteiger partial charge in [0.25, 0.3) is 0 Å². The second-order valence-electron chi connectivity index (χ2n) is 4.10. The molecule has 7 heteroatoms. The van der Waals surface area contributed by atoms with Gasteiger partial charge in [0.1, 0.15) is 11.3 Å². The Morgan fingerprint density at radius 2 is 1.84 bits per heavy atom. The molecule has 2 heterocycles. The number of fused-ring (bicyclic) bond motifs is 3. The Kier molecular flexibility index (Phi) is 2.53. The van der Waals surface area contributed by atoms with Gasteiger partial charge in [-0.2, -0.15) is 0 Å². The minimum absolute atomic E-state index is 0.0905. The van der Waals surface area contributed by atoms with Crippen LogP contribution in [0.5, 0.6) is 5.75 Å². The molecule has 0 radical (unpaired) electrons. The van der Waals surface area contributed by atoms with Gasteiger partial charge in [0.2, 0.25) is 0 Å². The molecule has 0 aliphatic rings. The third-order valence-electron chi connectivity index (χ3n) is 2.86. The Bertz CT molecular complexity index is 844. The van der Waals surface area contributed by atoms with Crippen molar-refractivity contribution in [3.8, 4) is 5.75 Å². The normalized spacial score (nSPS) is 12.1. The van der Waals surface area contributed by atoms with Gasteiger partial charge in [-0.3, -0.25) is 14.5 Å². The summed E-state index contributed by atoms with van der Waals surface area (Å²) >= 11 is 0. The molecule has 0 aliphatic carbocycles. The molecule has 0 amide bonds. The minimum atomic E-state index is -4.32. The topological polar surface area (TPSA) is 104 Å². The SMILES string of the molecule is O=P(O)(O)c1cnc2c(ccc3c(O)ccnc32)c1. The van der Waals surface area contributed by atoms with Gasteiger partial charge in [0.05, 0.1) is 10.8 Å². The van der Waals surface area contributed by atoms with Gasteiger partial charge in [0, 0.05) is 23.2 Å². The molecule has 1 aromatic carbocycles. The summed E-state index contributed by atoms with van der Waals surface area (Å²) in [6.45, 7) is 0. The van der Waals surface area contributed by atoms with Crippen molar-refractivity contribution in [2.24, 2.45) is 0 Å². The molecule has 0 spiro atoms. The number of nitrogens with zero attached hydrogens (tertiary/aromatic N) is 2. The molecule has 0 bridgehead atoms. The van der Waals surface area contributed by atoms with Crippen LogP contribution in [-0.4, -0.2) is 24.9 Å². The monoisotopic (exact) mass is 276 g/mol. The molecule has 3 N–H and O–H groups in total. The van der Waals surface area contributed by atoms with Gasteiger partial charge in [-0.1, -0.05) is 6.07 Å². The quantitative estimate of drug-likeness (QED) is 0.457. The summed E-state index contributed by atoms with van der Waals surface area (Å²) in [7, 11) is -4.32. The average molecular weight is 276 g/mol. The van der Waals surface area contributed by atoms with Crippen molar-refractivity contribution in [1.82, 2.24) is 9.97 Å². The van der Waals surface area contributed by atoms with Crippen LogP contribution in [0, 0.1) is 0 Å².